The summed E-state index contributed by atoms with van der Waals surface area (Å²) in [5, 5.41) is 19.4. The average molecular weight is 345 g/mol. The number of aliphatic hydroxyl groups excluding tert-OH is 1. The second-order valence-electron chi connectivity index (χ2n) is 5.65. The van der Waals surface area contributed by atoms with E-state index in [0.29, 0.717) is 6.61 Å². The molecule has 0 bridgehead atoms. The molecule has 11 heteroatoms. The SMILES string of the molecule is CCOc1nc(N)nc2c1ncn2[C@@H]1O[C@](F)(CO)C(F)[C@@]1(C)O. The van der Waals surface area contributed by atoms with E-state index in [2.05, 4.69) is 15.0 Å². The van der Waals surface area contributed by atoms with Gasteiger partial charge in [-0.1, -0.05) is 0 Å². The Morgan fingerprint density at radius 1 is 1.50 bits per heavy atom. The zero-order valence-corrected chi connectivity index (χ0v) is 13.0. The van der Waals surface area contributed by atoms with E-state index in [0.717, 1.165) is 11.5 Å². The summed E-state index contributed by atoms with van der Waals surface area (Å²) < 4.78 is 40.0. The number of fused-ring (bicyclic) bond motifs is 1. The van der Waals surface area contributed by atoms with Crippen LogP contribution in [0.5, 0.6) is 5.88 Å². The van der Waals surface area contributed by atoms with Crippen molar-refractivity contribution in [2.45, 2.75) is 37.7 Å². The van der Waals surface area contributed by atoms with Crippen LogP contribution in [0.4, 0.5) is 14.7 Å². The lowest BCUT2D eigenvalue weighted by molar-refractivity contribution is -0.196. The minimum atomic E-state index is -3.05. The third-order valence-electron chi connectivity index (χ3n) is 3.86. The number of hydrogen-bond acceptors (Lipinski definition) is 8. The molecule has 2 aromatic rings. The van der Waals surface area contributed by atoms with Gasteiger partial charge in [-0.15, -0.1) is 0 Å². The Morgan fingerprint density at radius 3 is 2.79 bits per heavy atom. The van der Waals surface area contributed by atoms with Gasteiger partial charge in [-0.05, 0) is 13.8 Å². The molecule has 2 aromatic heterocycles. The van der Waals surface area contributed by atoms with Crippen molar-refractivity contribution in [1.29, 1.82) is 0 Å². The van der Waals surface area contributed by atoms with Gasteiger partial charge >= 0.3 is 0 Å². The van der Waals surface area contributed by atoms with Crippen LogP contribution in [0, 0.1) is 0 Å². The van der Waals surface area contributed by atoms with Crippen LogP contribution < -0.4 is 10.5 Å². The molecule has 1 aliphatic rings. The van der Waals surface area contributed by atoms with Crippen molar-refractivity contribution in [2.75, 3.05) is 18.9 Å². The first-order chi connectivity index (χ1) is 11.2. The molecule has 1 aliphatic heterocycles. The van der Waals surface area contributed by atoms with Gasteiger partial charge in [-0.25, -0.2) is 13.8 Å². The number of imidazole rings is 1. The van der Waals surface area contributed by atoms with Crippen LogP contribution in [0.25, 0.3) is 11.2 Å². The van der Waals surface area contributed by atoms with Gasteiger partial charge in [0.2, 0.25) is 11.8 Å². The lowest BCUT2D eigenvalue weighted by atomic mass is 9.97. The number of aromatic nitrogens is 4. The van der Waals surface area contributed by atoms with Crippen molar-refractivity contribution in [3.05, 3.63) is 6.33 Å². The number of rotatable bonds is 4. The number of ether oxygens (including phenoxy) is 2. The Hall–Kier alpha value is -2.11. The third-order valence-corrected chi connectivity index (χ3v) is 3.86. The Bertz CT molecular complexity index is 770. The van der Waals surface area contributed by atoms with Gasteiger partial charge < -0.3 is 25.4 Å². The zero-order chi connectivity index (χ0) is 17.7. The van der Waals surface area contributed by atoms with Gasteiger partial charge in [-0.2, -0.15) is 9.97 Å². The quantitative estimate of drug-likeness (QED) is 0.711. The van der Waals surface area contributed by atoms with E-state index < -0.39 is 30.5 Å². The molecule has 1 saturated heterocycles. The number of nitrogens with two attached hydrogens (primary N) is 1. The summed E-state index contributed by atoms with van der Waals surface area (Å²) in [7, 11) is 0. The Kier molecular flexibility index (Phi) is 3.81. The fourth-order valence-electron chi connectivity index (χ4n) is 2.70. The molecular weight excluding hydrogens is 328 g/mol. The molecule has 1 fully saturated rings. The molecule has 3 heterocycles. The smallest absolute Gasteiger partial charge is 0.268 e. The largest absolute Gasteiger partial charge is 0.476 e. The van der Waals surface area contributed by atoms with E-state index in [-0.39, 0.29) is 23.0 Å². The number of hydrogen-bond donors (Lipinski definition) is 3. The van der Waals surface area contributed by atoms with Crippen LogP contribution in [0.1, 0.15) is 20.1 Å². The topological polar surface area (TPSA) is 129 Å². The lowest BCUT2D eigenvalue weighted by Crippen LogP contribution is -2.45. The standard InChI is InChI=1S/C13H17F2N5O4/c1-3-23-8-6-7(18-11(16)19-8)20(5-17-6)10-12(2,22)9(14)13(15,4-21)24-10/h5,9-10,21-22H,3-4H2,1-2H3,(H2,16,18,19)/t9?,10-,12-,13-/m1/s1. The predicted octanol–water partition coefficient (Wildman–Crippen LogP) is 0.0832. The normalized spacial score (nSPS) is 33.2. The van der Waals surface area contributed by atoms with Crippen LogP contribution in [-0.4, -0.2) is 60.6 Å². The molecule has 0 saturated carbocycles. The van der Waals surface area contributed by atoms with Crippen molar-refractivity contribution in [1.82, 2.24) is 19.5 Å². The van der Waals surface area contributed by atoms with Crippen molar-refractivity contribution >= 4 is 17.1 Å². The minimum Gasteiger partial charge on any atom is -0.476 e. The number of aliphatic hydroxyl groups is 2. The molecule has 0 spiro atoms. The van der Waals surface area contributed by atoms with Crippen molar-refractivity contribution < 1.29 is 28.5 Å². The lowest BCUT2D eigenvalue weighted by Gasteiger charge is -2.25. The Balaban J connectivity index is 2.13. The van der Waals surface area contributed by atoms with E-state index in [1.165, 1.54) is 6.33 Å². The highest BCUT2D eigenvalue weighted by molar-refractivity contribution is 5.77. The van der Waals surface area contributed by atoms with Gasteiger partial charge in [-0.3, -0.25) is 4.57 Å². The first-order valence-corrected chi connectivity index (χ1v) is 7.21. The van der Waals surface area contributed by atoms with E-state index in [9.17, 15) is 13.9 Å². The van der Waals surface area contributed by atoms with Gasteiger partial charge in [0.05, 0.1) is 12.9 Å². The summed E-state index contributed by atoms with van der Waals surface area (Å²) in [4.78, 5) is 11.9. The highest BCUT2D eigenvalue weighted by Crippen LogP contribution is 2.47. The molecule has 0 aliphatic carbocycles. The monoisotopic (exact) mass is 345 g/mol. The summed E-state index contributed by atoms with van der Waals surface area (Å²) in [6.07, 6.45) is -2.84. The second-order valence-corrected chi connectivity index (χ2v) is 5.65. The van der Waals surface area contributed by atoms with Crippen LogP contribution in [0.2, 0.25) is 0 Å². The van der Waals surface area contributed by atoms with Crippen molar-refractivity contribution in [2.24, 2.45) is 0 Å². The highest BCUT2D eigenvalue weighted by Gasteiger charge is 2.64. The van der Waals surface area contributed by atoms with Crippen molar-refractivity contribution in [3.8, 4) is 5.88 Å². The van der Waals surface area contributed by atoms with Crippen LogP contribution in [-0.2, 0) is 4.74 Å². The van der Waals surface area contributed by atoms with Crippen LogP contribution >= 0.6 is 0 Å². The molecule has 1 unspecified atom stereocenters. The summed E-state index contributed by atoms with van der Waals surface area (Å²) >= 11 is 0. The fraction of sp³-hybridized carbons (Fsp3) is 0.615. The minimum absolute atomic E-state index is 0.0746. The molecule has 9 nitrogen and oxygen atoms in total. The Labute approximate surface area is 135 Å². The number of alkyl halides is 2. The molecule has 0 aromatic carbocycles. The molecule has 132 valence electrons. The first kappa shape index (κ1) is 16.7. The summed E-state index contributed by atoms with van der Waals surface area (Å²) in [6, 6.07) is 0. The zero-order valence-electron chi connectivity index (χ0n) is 13.0. The van der Waals surface area contributed by atoms with Crippen LogP contribution in [0.15, 0.2) is 6.33 Å². The average Bonchev–Trinajstić information content (AvgIpc) is 3.01. The van der Waals surface area contributed by atoms with Gasteiger partial charge in [0.1, 0.15) is 12.2 Å². The number of halogens is 2. The molecule has 3 rings (SSSR count). The maximum absolute atomic E-state index is 14.3. The van der Waals surface area contributed by atoms with E-state index in [1.54, 1.807) is 6.92 Å². The molecular formula is C13H17F2N5O4. The maximum atomic E-state index is 14.3. The third kappa shape index (κ3) is 2.27. The predicted molar refractivity (Wildman–Crippen MR) is 77.5 cm³/mol. The second kappa shape index (κ2) is 5.46. The van der Waals surface area contributed by atoms with Gasteiger partial charge in [0, 0.05) is 0 Å². The molecule has 0 amide bonds. The van der Waals surface area contributed by atoms with Gasteiger partial charge in [0.25, 0.3) is 5.85 Å². The summed E-state index contributed by atoms with van der Waals surface area (Å²) in [5.41, 5.74) is 3.61. The Morgan fingerprint density at radius 2 is 2.21 bits per heavy atom. The number of nitrogens with zero attached hydrogens (tertiary/aromatic N) is 4. The number of anilines is 1. The van der Waals surface area contributed by atoms with E-state index in [4.69, 9.17) is 20.3 Å². The van der Waals surface area contributed by atoms with Crippen molar-refractivity contribution in [3.63, 3.8) is 0 Å². The van der Waals surface area contributed by atoms with E-state index >= 15 is 0 Å². The number of nitrogen functional groups attached to an aromatic ring is 1. The molecule has 0 radical (unpaired) electrons. The fourth-order valence-corrected chi connectivity index (χ4v) is 2.70. The first-order valence-electron chi connectivity index (χ1n) is 7.21. The maximum Gasteiger partial charge on any atom is 0.268 e. The molecule has 4 N–H and O–H groups in total. The molecule has 24 heavy (non-hydrogen) atoms. The molecule has 4 atom stereocenters. The summed E-state index contributed by atoms with van der Waals surface area (Å²) in [5.74, 6) is -3.09. The summed E-state index contributed by atoms with van der Waals surface area (Å²) in [6.45, 7) is 1.83. The van der Waals surface area contributed by atoms with Gasteiger partial charge in [0.15, 0.2) is 23.6 Å². The van der Waals surface area contributed by atoms with Crippen LogP contribution in [0.3, 0.4) is 0 Å². The highest BCUT2D eigenvalue weighted by atomic mass is 19.2. The van der Waals surface area contributed by atoms with E-state index in [1.807, 2.05) is 0 Å².